The number of carbonyl (C=O) groups excluding carboxylic acids is 2. The molecule has 2 heterocycles. The Morgan fingerprint density at radius 2 is 2.14 bits per heavy atom. The fraction of sp³-hybridized carbons (Fsp3) is 0.455. The third-order valence-electron chi connectivity index (χ3n) is 5.76. The predicted molar refractivity (Wildman–Crippen MR) is 112 cm³/mol. The van der Waals surface area contributed by atoms with Crippen molar-refractivity contribution >= 4 is 28.4 Å². The van der Waals surface area contributed by atoms with E-state index in [-0.39, 0.29) is 24.2 Å². The van der Waals surface area contributed by atoms with E-state index < -0.39 is 5.91 Å². The van der Waals surface area contributed by atoms with E-state index in [4.69, 9.17) is 5.73 Å². The molecule has 1 aliphatic rings. The molecule has 154 valence electrons. The van der Waals surface area contributed by atoms with E-state index in [9.17, 15) is 9.59 Å². The van der Waals surface area contributed by atoms with Gasteiger partial charge in [0.1, 0.15) is 5.82 Å². The molecule has 2 amide bonds. The van der Waals surface area contributed by atoms with E-state index in [1.54, 1.807) is 18.9 Å². The zero-order chi connectivity index (χ0) is 21.3. The monoisotopic (exact) mass is 398 g/mol. The van der Waals surface area contributed by atoms with Gasteiger partial charge in [-0.1, -0.05) is 5.92 Å². The van der Waals surface area contributed by atoms with E-state index in [0.717, 1.165) is 35.0 Å². The number of amides is 2. The number of aryl methyl sites for hydroxylation is 2. The first-order chi connectivity index (χ1) is 13.7. The minimum Gasteiger partial charge on any atom is -0.369 e. The summed E-state index contributed by atoms with van der Waals surface area (Å²) in [7, 11) is 1.74. The number of fused-ring (bicyclic) bond motifs is 1. The topological polar surface area (TPSA) is 82.4 Å². The van der Waals surface area contributed by atoms with Gasteiger partial charge in [0, 0.05) is 37.3 Å². The number of benzene rings is 1. The number of piperidine rings is 1. The van der Waals surface area contributed by atoms with Gasteiger partial charge in [-0.2, -0.15) is 0 Å². The zero-order valence-corrected chi connectivity index (χ0v) is 17.4. The van der Waals surface area contributed by atoms with Crippen LogP contribution in [0.2, 0.25) is 0 Å². The molecule has 1 fully saturated rings. The maximum Gasteiger partial charge on any atom is 0.298 e. The van der Waals surface area contributed by atoms with Crippen LogP contribution in [0.5, 0.6) is 0 Å². The fourth-order valence-corrected chi connectivity index (χ4v) is 4.14. The molecular weight excluding hydrogens is 371 g/mol. The lowest BCUT2D eigenvalue weighted by Crippen LogP contribution is -2.48. The van der Waals surface area contributed by atoms with E-state index in [1.807, 2.05) is 18.7 Å². The highest BCUT2D eigenvalue weighted by molar-refractivity contribution is 6.00. The molecule has 1 atom stereocenters. The Kier molecular flexibility index (Phi) is 5.83. The fourth-order valence-electron chi connectivity index (χ4n) is 4.14. The Morgan fingerprint density at radius 3 is 2.79 bits per heavy atom. The van der Waals surface area contributed by atoms with Gasteiger partial charge in [-0.15, -0.1) is 0 Å². The van der Waals surface area contributed by atoms with Crippen molar-refractivity contribution in [3.05, 3.63) is 28.7 Å². The third kappa shape index (κ3) is 3.93. The highest BCUT2D eigenvalue weighted by Crippen LogP contribution is 2.37. The number of hydrogen-bond acceptors (Lipinski definition) is 3. The van der Waals surface area contributed by atoms with Gasteiger partial charge in [0.05, 0.1) is 17.6 Å². The maximum absolute atomic E-state index is 15.3. The van der Waals surface area contributed by atoms with Crippen LogP contribution >= 0.6 is 0 Å². The van der Waals surface area contributed by atoms with Crippen LogP contribution < -0.4 is 10.6 Å². The van der Waals surface area contributed by atoms with Crippen molar-refractivity contribution in [3.63, 3.8) is 0 Å². The number of nitrogens with one attached hydrogen (secondary N) is 1. The molecule has 0 radical (unpaired) electrons. The molecule has 1 aromatic carbocycles. The van der Waals surface area contributed by atoms with Crippen LogP contribution in [-0.2, 0) is 16.0 Å². The first-order valence-electron chi connectivity index (χ1n) is 9.77. The van der Waals surface area contributed by atoms with E-state index in [1.165, 1.54) is 6.07 Å². The number of halogens is 1. The van der Waals surface area contributed by atoms with Crippen molar-refractivity contribution in [2.24, 2.45) is 5.73 Å². The lowest BCUT2D eigenvalue weighted by molar-refractivity contribution is -0.126. The lowest BCUT2D eigenvalue weighted by Gasteiger charge is -2.38. The number of aromatic amines is 1. The number of carbonyl (C=O) groups is 2. The Balaban J connectivity index is 2.05. The van der Waals surface area contributed by atoms with E-state index in [2.05, 4.69) is 16.8 Å². The van der Waals surface area contributed by atoms with Crippen LogP contribution in [0.4, 0.5) is 10.1 Å². The number of H-pyrrole nitrogens is 1. The van der Waals surface area contributed by atoms with Gasteiger partial charge in [-0.05, 0) is 56.7 Å². The van der Waals surface area contributed by atoms with Gasteiger partial charge in [0.2, 0.25) is 5.91 Å². The summed E-state index contributed by atoms with van der Waals surface area (Å²) < 4.78 is 15.3. The van der Waals surface area contributed by atoms with Crippen molar-refractivity contribution < 1.29 is 14.0 Å². The number of hydrogen-bond donors (Lipinski definition) is 2. The summed E-state index contributed by atoms with van der Waals surface area (Å²) in [5, 5.41) is 0.779. The average molecular weight is 398 g/mol. The number of rotatable bonds is 4. The van der Waals surface area contributed by atoms with Crippen LogP contribution in [-0.4, -0.2) is 47.9 Å². The highest BCUT2D eigenvalue weighted by Gasteiger charge is 2.29. The van der Waals surface area contributed by atoms with E-state index >= 15 is 4.39 Å². The van der Waals surface area contributed by atoms with Gasteiger partial charge in [-0.25, -0.2) is 4.39 Å². The second kappa shape index (κ2) is 8.16. The third-order valence-corrected chi connectivity index (χ3v) is 5.76. The second-order valence-electron chi connectivity index (χ2n) is 7.67. The number of primary amides is 1. The van der Waals surface area contributed by atoms with Crippen LogP contribution in [0.15, 0.2) is 6.07 Å². The molecule has 0 aliphatic carbocycles. The number of nitrogens with zero attached hydrogens (tertiary/aromatic N) is 2. The molecule has 0 unspecified atom stereocenters. The Hall–Kier alpha value is -3.01. The molecule has 2 aromatic rings. The summed E-state index contributed by atoms with van der Waals surface area (Å²) >= 11 is 0. The molecule has 1 aliphatic heterocycles. The van der Waals surface area contributed by atoms with Crippen LogP contribution in [0, 0.1) is 31.5 Å². The smallest absolute Gasteiger partial charge is 0.298 e. The molecule has 7 heteroatoms. The quantitative estimate of drug-likeness (QED) is 0.776. The number of nitrogens with two attached hydrogens (primary N) is 1. The first kappa shape index (κ1) is 20.7. The molecular formula is C22H27FN4O2. The summed E-state index contributed by atoms with van der Waals surface area (Å²) in [4.78, 5) is 30.6. The van der Waals surface area contributed by atoms with Crippen LogP contribution in [0.25, 0.3) is 10.9 Å². The largest absolute Gasteiger partial charge is 0.369 e. The molecule has 0 saturated carbocycles. The van der Waals surface area contributed by atoms with Crippen LogP contribution in [0.3, 0.4) is 0 Å². The molecule has 0 spiro atoms. The Morgan fingerprint density at radius 1 is 1.41 bits per heavy atom. The predicted octanol–water partition coefficient (Wildman–Crippen LogP) is 2.40. The van der Waals surface area contributed by atoms with Gasteiger partial charge < -0.3 is 20.5 Å². The molecule has 3 rings (SSSR count). The lowest BCUT2D eigenvalue weighted by atomic mass is 9.99. The van der Waals surface area contributed by atoms with Crippen molar-refractivity contribution in [1.82, 2.24) is 9.88 Å². The zero-order valence-electron chi connectivity index (χ0n) is 17.4. The van der Waals surface area contributed by atoms with E-state index in [0.29, 0.717) is 24.3 Å². The second-order valence-corrected chi connectivity index (χ2v) is 7.67. The highest BCUT2D eigenvalue weighted by atomic mass is 19.1. The van der Waals surface area contributed by atoms with Crippen molar-refractivity contribution in [3.8, 4) is 11.8 Å². The Labute approximate surface area is 170 Å². The molecule has 6 nitrogen and oxygen atoms in total. The first-order valence-corrected chi connectivity index (χ1v) is 9.77. The summed E-state index contributed by atoms with van der Waals surface area (Å²) in [6, 6.07) is 1.36. The van der Waals surface area contributed by atoms with Gasteiger partial charge in [0.15, 0.2) is 0 Å². The van der Waals surface area contributed by atoms with Crippen molar-refractivity contribution in [2.45, 2.75) is 46.1 Å². The summed E-state index contributed by atoms with van der Waals surface area (Å²) in [6.45, 7) is 6.73. The average Bonchev–Trinajstić information content (AvgIpc) is 2.96. The molecule has 1 aromatic heterocycles. The van der Waals surface area contributed by atoms with Crippen molar-refractivity contribution in [2.75, 3.05) is 25.0 Å². The molecule has 1 saturated heterocycles. The number of aromatic nitrogens is 1. The summed E-state index contributed by atoms with van der Waals surface area (Å²) in [5.41, 5.74) is 9.06. The standard InChI is InChI=1S/C22H27FN4O2/c1-5-7-19(29)26(4)16-8-6-9-27(12-16)22-17(23)10-15(11-18(24)28)21-20(22)13(2)14(3)25-21/h10,16,25H,6,8-9,11-12H2,1-4H3,(H2,24,28)/t16-/m0/s1. The van der Waals surface area contributed by atoms with Gasteiger partial charge >= 0.3 is 0 Å². The SMILES string of the molecule is CC#CC(=O)N(C)[C@H]1CCCN(c2c(F)cc(CC(N)=O)c3[nH]c(C)c(C)c23)C1. The maximum atomic E-state index is 15.3. The van der Waals surface area contributed by atoms with Crippen molar-refractivity contribution in [1.29, 1.82) is 0 Å². The summed E-state index contributed by atoms with van der Waals surface area (Å²) in [6.07, 6.45) is 1.66. The number of anilines is 1. The minimum absolute atomic E-state index is 0.0252. The Bertz CT molecular complexity index is 1030. The minimum atomic E-state index is -0.501. The van der Waals surface area contributed by atoms with Gasteiger partial charge in [-0.3, -0.25) is 9.59 Å². The van der Waals surface area contributed by atoms with Crippen LogP contribution in [0.1, 0.15) is 36.6 Å². The molecule has 0 bridgehead atoms. The molecule has 29 heavy (non-hydrogen) atoms. The number of likely N-dealkylation sites (N-methyl/N-ethyl adjacent to an activating group) is 1. The van der Waals surface area contributed by atoms with Gasteiger partial charge in [0.25, 0.3) is 5.91 Å². The summed E-state index contributed by atoms with van der Waals surface area (Å²) in [5.74, 6) is 4.11. The normalized spacial score (nSPS) is 16.4. The molecule has 3 N–H and O–H groups in total.